The molecule has 0 unspecified atom stereocenters. The van der Waals surface area contributed by atoms with E-state index in [2.05, 4.69) is 67.5 Å². The first-order chi connectivity index (χ1) is 11.2. The lowest BCUT2D eigenvalue weighted by Crippen LogP contribution is -2.10. The van der Waals surface area contributed by atoms with E-state index in [1.807, 2.05) is 12.1 Å². The summed E-state index contributed by atoms with van der Waals surface area (Å²) in [5, 5.41) is 0. The summed E-state index contributed by atoms with van der Waals surface area (Å²) in [7, 11) is 0. The first kappa shape index (κ1) is 18.4. The van der Waals surface area contributed by atoms with Gasteiger partial charge in [-0.3, -0.25) is 4.79 Å². The van der Waals surface area contributed by atoms with Gasteiger partial charge in [0.05, 0.1) is 0 Å². The second-order valence-electron chi connectivity index (χ2n) is 7.54. The summed E-state index contributed by atoms with van der Waals surface area (Å²) >= 11 is 0. The maximum Gasteiger partial charge on any atom is 0.193 e. The van der Waals surface area contributed by atoms with Crippen molar-refractivity contribution < 1.29 is 4.79 Å². The third-order valence-electron chi connectivity index (χ3n) is 5.39. The highest BCUT2D eigenvalue weighted by Crippen LogP contribution is 2.29. The minimum Gasteiger partial charge on any atom is -0.289 e. The minimum atomic E-state index is 0.141. The van der Waals surface area contributed by atoms with E-state index in [1.54, 1.807) is 0 Å². The summed E-state index contributed by atoms with van der Waals surface area (Å²) in [6.07, 6.45) is 0. The van der Waals surface area contributed by atoms with E-state index in [0.29, 0.717) is 11.8 Å². The van der Waals surface area contributed by atoms with Gasteiger partial charge >= 0.3 is 0 Å². The largest absolute Gasteiger partial charge is 0.289 e. The van der Waals surface area contributed by atoms with E-state index >= 15 is 0 Å². The molecule has 1 heteroatoms. The molecule has 0 N–H and O–H groups in total. The van der Waals surface area contributed by atoms with Crippen LogP contribution in [0.3, 0.4) is 0 Å². The van der Waals surface area contributed by atoms with Gasteiger partial charge in [0.2, 0.25) is 0 Å². The van der Waals surface area contributed by atoms with Crippen LogP contribution in [0.15, 0.2) is 24.3 Å². The van der Waals surface area contributed by atoms with Crippen LogP contribution in [-0.4, -0.2) is 5.78 Å². The van der Waals surface area contributed by atoms with Crippen LogP contribution in [0.2, 0.25) is 0 Å². The van der Waals surface area contributed by atoms with E-state index in [9.17, 15) is 4.79 Å². The van der Waals surface area contributed by atoms with Gasteiger partial charge in [-0.25, -0.2) is 0 Å². The Balaban J connectivity index is 2.55. The predicted molar refractivity (Wildman–Crippen MR) is 103 cm³/mol. The predicted octanol–water partition coefficient (Wildman–Crippen LogP) is 6.40. The molecule has 0 amide bonds. The standard InChI is InChI=1S/C23H30O/c1-13(2)19-9-11-21(17(7)15(19)5)23(24)22-12-10-20(14(3)4)16(6)18(22)8/h9-14H,1-8H3. The third kappa shape index (κ3) is 3.17. The van der Waals surface area contributed by atoms with Crippen LogP contribution in [0, 0.1) is 27.7 Å². The Hall–Kier alpha value is -1.89. The molecule has 0 bridgehead atoms. The molecule has 0 aliphatic heterocycles. The van der Waals surface area contributed by atoms with E-state index in [1.165, 1.54) is 22.3 Å². The van der Waals surface area contributed by atoms with Crippen LogP contribution in [0.25, 0.3) is 0 Å². The molecular weight excluding hydrogens is 292 g/mol. The van der Waals surface area contributed by atoms with Crippen molar-refractivity contribution in [1.29, 1.82) is 0 Å². The molecule has 0 aromatic heterocycles. The van der Waals surface area contributed by atoms with Crippen LogP contribution in [-0.2, 0) is 0 Å². The highest BCUT2D eigenvalue weighted by molar-refractivity contribution is 6.11. The zero-order valence-corrected chi connectivity index (χ0v) is 16.4. The minimum absolute atomic E-state index is 0.141. The maximum atomic E-state index is 13.2. The van der Waals surface area contributed by atoms with Crippen molar-refractivity contribution in [3.05, 3.63) is 68.8 Å². The van der Waals surface area contributed by atoms with E-state index in [4.69, 9.17) is 0 Å². The molecule has 2 rings (SSSR count). The smallest absolute Gasteiger partial charge is 0.193 e. The van der Waals surface area contributed by atoms with Crippen molar-refractivity contribution in [2.45, 2.75) is 67.2 Å². The number of benzene rings is 2. The summed E-state index contributed by atoms with van der Waals surface area (Å²) in [5.41, 5.74) is 9.01. The number of carbonyl (C=O) groups excluding carboxylic acids is 1. The van der Waals surface area contributed by atoms with E-state index in [0.717, 1.165) is 22.3 Å². The van der Waals surface area contributed by atoms with Crippen molar-refractivity contribution in [2.24, 2.45) is 0 Å². The highest BCUT2D eigenvalue weighted by atomic mass is 16.1. The second kappa shape index (κ2) is 6.93. The average Bonchev–Trinajstić information content (AvgIpc) is 2.51. The molecule has 2 aromatic rings. The molecule has 0 aliphatic carbocycles. The molecule has 0 radical (unpaired) electrons. The van der Waals surface area contributed by atoms with Gasteiger partial charge < -0.3 is 0 Å². The van der Waals surface area contributed by atoms with Crippen molar-refractivity contribution in [3.8, 4) is 0 Å². The summed E-state index contributed by atoms with van der Waals surface area (Å²) in [6.45, 7) is 17.2. The second-order valence-corrected chi connectivity index (χ2v) is 7.54. The van der Waals surface area contributed by atoms with Gasteiger partial charge in [-0.05, 0) is 72.9 Å². The summed E-state index contributed by atoms with van der Waals surface area (Å²) in [5.74, 6) is 1.09. The van der Waals surface area contributed by atoms with Gasteiger partial charge in [-0.1, -0.05) is 52.0 Å². The maximum absolute atomic E-state index is 13.2. The Labute approximate surface area is 147 Å². The number of ketones is 1. The normalized spacial score (nSPS) is 11.4. The van der Waals surface area contributed by atoms with Crippen LogP contribution in [0.1, 0.15) is 88.8 Å². The Kier molecular flexibility index (Phi) is 5.32. The van der Waals surface area contributed by atoms with Crippen molar-refractivity contribution >= 4 is 5.78 Å². The van der Waals surface area contributed by atoms with Gasteiger partial charge in [0, 0.05) is 11.1 Å². The van der Waals surface area contributed by atoms with Crippen LogP contribution >= 0.6 is 0 Å². The molecule has 1 nitrogen and oxygen atoms in total. The Morgan fingerprint density at radius 1 is 0.625 bits per heavy atom. The molecule has 0 atom stereocenters. The molecule has 0 saturated heterocycles. The quantitative estimate of drug-likeness (QED) is 0.595. The van der Waals surface area contributed by atoms with Gasteiger partial charge in [0.1, 0.15) is 0 Å². The molecule has 128 valence electrons. The molecule has 2 aromatic carbocycles. The highest BCUT2D eigenvalue weighted by Gasteiger charge is 2.19. The lowest BCUT2D eigenvalue weighted by Gasteiger charge is -2.18. The van der Waals surface area contributed by atoms with Gasteiger partial charge in [-0.2, -0.15) is 0 Å². The number of carbonyl (C=O) groups is 1. The average molecular weight is 322 g/mol. The molecular formula is C23H30O. The summed E-state index contributed by atoms with van der Waals surface area (Å²) in [4.78, 5) is 13.2. The topological polar surface area (TPSA) is 17.1 Å². The third-order valence-corrected chi connectivity index (χ3v) is 5.39. The van der Waals surface area contributed by atoms with E-state index < -0.39 is 0 Å². The lowest BCUT2D eigenvalue weighted by molar-refractivity contribution is 0.103. The fourth-order valence-electron chi connectivity index (χ4n) is 3.57. The molecule has 0 spiro atoms. The number of hydrogen-bond donors (Lipinski definition) is 0. The first-order valence-electron chi connectivity index (χ1n) is 8.91. The Morgan fingerprint density at radius 3 is 1.25 bits per heavy atom. The molecule has 0 fully saturated rings. The molecule has 24 heavy (non-hydrogen) atoms. The molecule has 0 heterocycles. The monoisotopic (exact) mass is 322 g/mol. The SMILES string of the molecule is Cc1c(C(=O)c2ccc(C(C)C)c(C)c2C)ccc(C(C)C)c1C. The molecule has 0 saturated carbocycles. The van der Waals surface area contributed by atoms with Crippen molar-refractivity contribution in [1.82, 2.24) is 0 Å². The number of hydrogen-bond acceptors (Lipinski definition) is 1. The zero-order valence-electron chi connectivity index (χ0n) is 16.4. The summed E-state index contributed by atoms with van der Waals surface area (Å²) in [6, 6.07) is 8.24. The van der Waals surface area contributed by atoms with Crippen molar-refractivity contribution in [2.75, 3.05) is 0 Å². The Bertz CT molecular complexity index is 714. The van der Waals surface area contributed by atoms with Crippen LogP contribution < -0.4 is 0 Å². The Morgan fingerprint density at radius 2 is 0.958 bits per heavy atom. The van der Waals surface area contributed by atoms with Crippen molar-refractivity contribution in [3.63, 3.8) is 0 Å². The summed E-state index contributed by atoms with van der Waals surface area (Å²) < 4.78 is 0. The van der Waals surface area contributed by atoms with Crippen LogP contribution in [0.4, 0.5) is 0 Å². The fraction of sp³-hybridized carbons (Fsp3) is 0.435. The first-order valence-corrected chi connectivity index (χ1v) is 8.91. The lowest BCUT2D eigenvalue weighted by atomic mass is 9.86. The van der Waals surface area contributed by atoms with E-state index in [-0.39, 0.29) is 5.78 Å². The van der Waals surface area contributed by atoms with Gasteiger partial charge in [-0.15, -0.1) is 0 Å². The molecule has 0 aliphatic rings. The van der Waals surface area contributed by atoms with Gasteiger partial charge in [0.25, 0.3) is 0 Å². The van der Waals surface area contributed by atoms with Gasteiger partial charge in [0.15, 0.2) is 5.78 Å². The van der Waals surface area contributed by atoms with Crippen LogP contribution in [0.5, 0.6) is 0 Å². The fourth-order valence-corrected chi connectivity index (χ4v) is 3.57. The zero-order chi connectivity index (χ0) is 18.2. The number of rotatable bonds is 4.